The van der Waals surface area contributed by atoms with Gasteiger partial charge in [0.05, 0.1) is 0 Å². The van der Waals surface area contributed by atoms with E-state index in [0.29, 0.717) is 18.0 Å². The van der Waals surface area contributed by atoms with E-state index >= 15 is 0 Å². The average molecular weight is 324 g/mol. The van der Waals surface area contributed by atoms with Gasteiger partial charge in [-0.25, -0.2) is 9.18 Å². The molecule has 1 aliphatic heterocycles. The Morgan fingerprint density at radius 3 is 2.50 bits per heavy atom. The Labute approximate surface area is 134 Å². The third-order valence-electron chi connectivity index (χ3n) is 3.61. The van der Waals surface area contributed by atoms with E-state index in [0.717, 1.165) is 11.5 Å². The van der Waals surface area contributed by atoms with Crippen molar-refractivity contribution in [3.63, 3.8) is 0 Å². The Hall–Kier alpha value is -1.56. The number of urea groups is 1. The van der Waals surface area contributed by atoms with Crippen LogP contribution < -0.4 is 5.32 Å². The van der Waals surface area contributed by atoms with Crippen LogP contribution in [0.2, 0.25) is 0 Å². The molecule has 1 saturated heterocycles. The zero-order chi connectivity index (χ0) is 16.3. The molecule has 2 rings (SSSR count). The summed E-state index contributed by atoms with van der Waals surface area (Å²) in [6.07, 6.45) is 0. The molecule has 0 aromatic heterocycles. The van der Waals surface area contributed by atoms with Gasteiger partial charge < -0.3 is 5.32 Å². The van der Waals surface area contributed by atoms with Crippen LogP contribution in [0.15, 0.2) is 24.3 Å². The molecular weight excluding hydrogens is 303 g/mol. The third kappa shape index (κ3) is 3.43. The molecule has 4 nitrogen and oxygen atoms in total. The second kappa shape index (κ2) is 6.69. The largest absolute Gasteiger partial charge is 0.325 e. The highest BCUT2D eigenvalue weighted by molar-refractivity contribution is 7.99. The van der Waals surface area contributed by atoms with E-state index < -0.39 is 5.54 Å². The van der Waals surface area contributed by atoms with Gasteiger partial charge in [-0.1, -0.05) is 26.0 Å². The topological polar surface area (TPSA) is 49.4 Å². The Morgan fingerprint density at radius 2 is 1.91 bits per heavy atom. The fourth-order valence-corrected chi connectivity index (χ4v) is 3.30. The van der Waals surface area contributed by atoms with Crippen LogP contribution in [0.1, 0.15) is 26.3 Å². The van der Waals surface area contributed by atoms with Crippen molar-refractivity contribution in [1.29, 1.82) is 0 Å². The van der Waals surface area contributed by atoms with Gasteiger partial charge in [-0.3, -0.25) is 9.69 Å². The highest BCUT2D eigenvalue weighted by Gasteiger charge is 2.48. The van der Waals surface area contributed by atoms with E-state index in [1.54, 1.807) is 18.7 Å². The molecule has 1 aromatic rings. The number of carbonyl (C=O) groups excluding carboxylic acids is 2. The lowest BCUT2D eigenvalue weighted by molar-refractivity contribution is -0.130. The second-order valence-corrected chi connectivity index (χ2v) is 7.14. The average Bonchev–Trinajstić information content (AvgIpc) is 2.67. The summed E-state index contributed by atoms with van der Waals surface area (Å²) in [5.41, 5.74) is -0.530. The van der Waals surface area contributed by atoms with Crippen LogP contribution in [0.5, 0.6) is 0 Å². The van der Waals surface area contributed by atoms with E-state index in [-0.39, 0.29) is 17.8 Å². The molecule has 22 heavy (non-hydrogen) atoms. The van der Waals surface area contributed by atoms with E-state index in [1.807, 2.05) is 0 Å². The minimum Gasteiger partial charge on any atom is -0.319 e. The van der Waals surface area contributed by atoms with Gasteiger partial charge >= 0.3 is 6.03 Å². The summed E-state index contributed by atoms with van der Waals surface area (Å²) in [6, 6.07) is 5.26. The summed E-state index contributed by atoms with van der Waals surface area (Å²) in [5.74, 6) is 1.65. The first-order valence-corrected chi connectivity index (χ1v) is 8.48. The van der Waals surface area contributed by atoms with Crippen molar-refractivity contribution in [2.75, 3.05) is 18.1 Å². The fraction of sp³-hybridized carbons (Fsp3) is 0.500. The number of nitrogens with one attached hydrogen (secondary N) is 1. The van der Waals surface area contributed by atoms with Gasteiger partial charge in [-0.15, -0.1) is 0 Å². The predicted octanol–water partition coefficient (Wildman–Crippen LogP) is 2.98. The SMILES string of the molecule is CC(C)CSCCN1C(=O)N[C@](C)(c2ccc(F)cc2)C1=O. The summed E-state index contributed by atoms with van der Waals surface area (Å²) in [6.45, 7) is 6.30. The van der Waals surface area contributed by atoms with Gasteiger partial charge in [0.1, 0.15) is 11.4 Å². The van der Waals surface area contributed by atoms with Crippen molar-refractivity contribution in [3.05, 3.63) is 35.6 Å². The predicted molar refractivity (Wildman–Crippen MR) is 86.2 cm³/mol. The molecular formula is C16H21FN2O2S. The molecule has 3 amide bonds. The maximum atomic E-state index is 13.0. The molecule has 0 aliphatic carbocycles. The molecule has 0 unspecified atom stereocenters. The van der Waals surface area contributed by atoms with Crippen LogP contribution in [-0.2, 0) is 10.3 Å². The van der Waals surface area contributed by atoms with Gasteiger partial charge in [0.2, 0.25) is 0 Å². The highest BCUT2D eigenvalue weighted by Crippen LogP contribution is 2.29. The smallest absolute Gasteiger partial charge is 0.319 e. The second-order valence-electron chi connectivity index (χ2n) is 5.99. The molecule has 1 N–H and O–H groups in total. The first-order chi connectivity index (χ1) is 10.3. The van der Waals surface area contributed by atoms with Gasteiger partial charge in [-0.05, 0) is 36.3 Å². The maximum Gasteiger partial charge on any atom is 0.325 e. The molecule has 6 heteroatoms. The molecule has 1 atom stereocenters. The van der Waals surface area contributed by atoms with Crippen molar-refractivity contribution in [2.45, 2.75) is 26.3 Å². The van der Waals surface area contributed by atoms with Crippen molar-refractivity contribution in [1.82, 2.24) is 10.2 Å². The minimum atomic E-state index is -1.12. The molecule has 0 saturated carbocycles. The normalized spacial score (nSPS) is 21.6. The molecule has 0 bridgehead atoms. The first-order valence-electron chi connectivity index (χ1n) is 7.32. The number of thioether (sulfide) groups is 1. The summed E-state index contributed by atoms with van der Waals surface area (Å²) in [5, 5.41) is 2.72. The molecule has 0 spiro atoms. The van der Waals surface area contributed by atoms with Crippen molar-refractivity contribution >= 4 is 23.7 Å². The van der Waals surface area contributed by atoms with E-state index in [9.17, 15) is 14.0 Å². The van der Waals surface area contributed by atoms with Gasteiger partial charge in [-0.2, -0.15) is 11.8 Å². The lowest BCUT2D eigenvalue weighted by Gasteiger charge is -2.22. The number of halogens is 1. The van der Waals surface area contributed by atoms with Gasteiger partial charge in [0, 0.05) is 12.3 Å². The number of hydrogen-bond acceptors (Lipinski definition) is 3. The molecule has 120 valence electrons. The van der Waals surface area contributed by atoms with Gasteiger partial charge in [0.25, 0.3) is 5.91 Å². The summed E-state index contributed by atoms with van der Waals surface area (Å²) in [4.78, 5) is 25.9. The quantitative estimate of drug-likeness (QED) is 0.646. The number of rotatable bonds is 6. The van der Waals surface area contributed by atoms with Crippen LogP contribution in [-0.4, -0.2) is 34.9 Å². The zero-order valence-corrected chi connectivity index (χ0v) is 13.9. The molecule has 1 fully saturated rings. The van der Waals surface area contributed by atoms with Crippen molar-refractivity contribution < 1.29 is 14.0 Å². The van der Waals surface area contributed by atoms with Crippen LogP contribution >= 0.6 is 11.8 Å². The van der Waals surface area contributed by atoms with Gasteiger partial charge in [0.15, 0.2) is 0 Å². The zero-order valence-electron chi connectivity index (χ0n) is 13.1. The van der Waals surface area contributed by atoms with E-state index in [2.05, 4.69) is 19.2 Å². The molecule has 1 aliphatic rings. The van der Waals surface area contributed by atoms with Crippen LogP contribution in [0.25, 0.3) is 0 Å². The van der Waals surface area contributed by atoms with E-state index in [1.165, 1.54) is 29.2 Å². The highest BCUT2D eigenvalue weighted by atomic mass is 32.2. The van der Waals surface area contributed by atoms with Crippen LogP contribution in [0, 0.1) is 11.7 Å². The molecule has 1 heterocycles. The molecule has 0 radical (unpaired) electrons. The monoisotopic (exact) mass is 324 g/mol. The lowest BCUT2D eigenvalue weighted by Crippen LogP contribution is -2.41. The first kappa shape index (κ1) is 16.8. The summed E-state index contributed by atoms with van der Waals surface area (Å²) in [7, 11) is 0. The number of benzene rings is 1. The number of imide groups is 1. The van der Waals surface area contributed by atoms with Crippen LogP contribution in [0.3, 0.4) is 0 Å². The third-order valence-corrected chi connectivity index (χ3v) is 4.98. The van der Waals surface area contributed by atoms with Crippen LogP contribution in [0.4, 0.5) is 9.18 Å². The Kier molecular flexibility index (Phi) is 5.11. The van der Waals surface area contributed by atoms with E-state index in [4.69, 9.17) is 0 Å². The number of nitrogens with zero attached hydrogens (tertiary/aromatic N) is 1. The van der Waals surface area contributed by atoms with Crippen molar-refractivity contribution in [3.8, 4) is 0 Å². The number of hydrogen-bond donors (Lipinski definition) is 1. The minimum absolute atomic E-state index is 0.283. The summed E-state index contributed by atoms with van der Waals surface area (Å²) >= 11 is 1.73. The Morgan fingerprint density at radius 1 is 1.27 bits per heavy atom. The van der Waals surface area contributed by atoms with Crippen molar-refractivity contribution in [2.24, 2.45) is 5.92 Å². The Balaban J connectivity index is 2.06. The Bertz CT molecular complexity index is 562. The maximum absolute atomic E-state index is 13.0. The summed E-state index contributed by atoms with van der Waals surface area (Å²) < 4.78 is 13.0. The molecule has 1 aromatic carbocycles. The number of amides is 3. The standard InChI is InChI=1S/C16H21FN2O2S/c1-11(2)10-22-9-8-19-14(20)16(3,18-15(19)21)12-4-6-13(17)7-5-12/h4-7,11H,8-10H2,1-3H3,(H,18,21)/t16-/m1/s1. The lowest BCUT2D eigenvalue weighted by atomic mass is 9.92. The number of carbonyl (C=O) groups is 2. The fourth-order valence-electron chi connectivity index (χ4n) is 2.35.